The number of rotatable bonds is 5. The average Bonchev–Trinajstić information content (AvgIpc) is 2.47. The van der Waals surface area contributed by atoms with Crippen LogP contribution in [0.4, 0.5) is 0 Å². The third-order valence-electron chi connectivity index (χ3n) is 2.91. The van der Waals surface area contributed by atoms with Crippen LogP contribution >= 0.6 is 11.6 Å². The largest absolute Gasteiger partial charge is 0.480 e. The maximum absolute atomic E-state index is 12.0. The maximum atomic E-state index is 12.0. The number of esters is 1. The lowest BCUT2D eigenvalue weighted by Gasteiger charge is -2.12. The summed E-state index contributed by atoms with van der Waals surface area (Å²) < 4.78 is 5.08. The van der Waals surface area contributed by atoms with Crippen molar-refractivity contribution >= 4 is 23.5 Å². The molecule has 0 fully saturated rings. The second-order valence-electron chi connectivity index (χ2n) is 4.42. The second-order valence-corrected chi connectivity index (χ2v) is 4.85. The Bertz CT molecular complexity index is 622. The Morgan fingerprint density at radius 2 is 1.67 bits per heavy atom. The first-order chi connectivity index (χ1) is 10.1. The zero-order chi connectivity index (χ0) is 15.2. The Morgan fingerprint density at radius 1 is 1.05 bits per heavy atom. The van der Waals surface area contributed by atoms with E-state index in [9.17, 15) is 14.7 Å². The molecular formula is C16H13ClO4. The molecule has 2 aromatic carbocycles. The van der Waals surface area contributed by atoms with Crippen molar-refractivity contribution in [1.82, 2.24) is 0 Å². The van der Waals surface area contributed by atoms with Crippen LogP contribution in [0.25, 0.3) is 0 Å². The van der Waals surface area contributed by atoms with Gasteiger partial charge in [-0.05, 0) is 23.3 Å². The molecule has 5 heteroatoms. The highest BCUT2D eigenvalue weighted by molar-refractivity contribution is 6.30. The molecule has 108 valence electrons. The number of carboxylic acids is 1. The van der Waals surface area contributed by atoms with Crippen molar-refractivity contribution in [1.29, 1.82) is 0 Å². The molecule has 0 bridgehead atoms. The van der Waals surface area contributed by atoms with E-state index in [2.05, 4.69) is 0 Å². The molecule has 2 rings (SSSR count). The van der Waals surface area contributed by atoms with Crippen LogP contribution in [0.2, 0.25) is 5.02 Å². The van der Waals surface area contributed by atoms with Crippen molar-refractivity contribution in [3.05, 3.63) is 70.7 Å². The first-order valence-corrected chi connectivity index (χ1v) is 6.64. The van der Waals surface area contributed by atoms with Gasteiger partial charge < -0.3 is 9.84 Å². The highest BCUT2D eigenvalue weighted by Crippen LogP contribution is 2.19. The smallest absolute Gasteiger partial charge is 0.325 e. The highest BCUT2D eigenvalue weighted by atomic mass is 35.5. The van der Waals surface area contributed by atoms with E-state index in [1.807, 2.05) is 0 Å². The quantitative estimate of drug-likeness (QED) is 0.680. The zero-order valence-corrected chi connectivity index (χ0v) is 11.8. The number of halogens is 1. The maximum Gasteiger partial charge on any atom is 0.325 e. The van der Waals surface area contributed by atoms with Gasteiger partial charge in [0.25, 0.3) is 0 Å². The fourth-order valence-electron chi connectivity index (χ4n) is 1.84. The van der Waals surface area contributed by atoms with Gasteiger partial charge in [0.15, 0.2) is 5.92 Å². The van der Waals surface area contributed by atoms with E-state index in [0.29, 0.717) is 10.6 Å². The van der Waals surface area contributed by atoms with Gasteiger partial charge in [0, 0.05) is 5.02 Å². The monoisotopic (exact) mass is 304 g/mol. The standard InChI is InChI=1S/C16H13ClO4/c17-13-8-6-11(7-9-13)10-21-16(20)14(15(18)19)12-4-2-1-3-5-12/h1-9,14H,10H2,(H,18,19). The summed E-state index contributed by atoms with van der Waals surface area (Å²) in [7, 11) is 0. The summed E-state index contributed by atoms with van der Waals surface area (Å²) in [5.74, 6) is -3.34. The average molecular weight is 305 g/mol. The summed E-state index contributed by atoms with van der Waals surface area (Å²) >= 11 is 5.76. The van der Waals surface area contributed by atoms with Gasteiger partial charge in [0.05, 0.1) is 0 Å². The van der Waals surface area contributed by atoms with Crippen LogP contribution in [-0.4, -0.2) is 17.0 Å². The van der Waals surface area contributed by atoms with Crippen molar-refractivity contribution in [3.63, 3.8) is 0 Å². The minimum Gasteiger partial charge on any atom is -0.480 e. The van der Waals surface area contributed by atoms with Gasteiger partial charge in [-0.25, -0.2) is 0 Å². The molecule has 1 unspecified atom stereocenters. The van der Waals surface area contributed by atoms with Gasteiger partial charge in [0.2, 0.25) is 0 Å². The fourth-order valence-corrected chi connectivity index (χ4v) is 1.97. The SMILES string of the molecule is O=C(O)C(C(=O)OCc1ccc(Cl)cc1)c1ccccc1. The van der Waals surface area contributed by atoms with Crippen molar-refractivity contribution in [3.8, 4) is 0 Å². The second kappa shape index (κ2) is 6.90. The molecule has 1 atom stereocenters. The highest BCUT2D eigenvalue weighted by Gasteiger charge is 2.29. The normalized spacial score (nSPS) is 11.7. The Hall–Kier alpha value is -2.33. The number of aliphatic carboxylic acids is 1. The molecule has 0 saturated heterocycles. The molecule has 0 aliphatic heterocycles. The lowest BCUT2D eigenvalue weighted by Crippen LogP contribution is -2.23. The molecule has 0 amide bonds. The molecule has 0 heterocycles. The molecule has 2 aromatic rings. The van der Waals surface area contributed by atoms with E-state index in [-0.39, 0.29) is 6.61 Å². The van der Waals surface area contributed by atoms with E-state index >= 15 is 0 Å². The van der Waals surface area contributed by atoms with Crippen molar-refractivity contribution < 1.29 is 19.4 Å². The molecule has 0 saturated carbocycles. The number of carbonyl (C=O) groups is 2. The molecule has 4 nitrogen and oxygen atoms in total. The van der Waals surface area contributed by atoms with E-state index in [4.69, 9.17) is 16.3 Å². The fraction of sp³-hybridized carbons (Fsp3) is 0.125. The summed E-state index contributed by atoms with van der Waals surface area (Å²) in [6.45, 7) is 0.00656. The Labute approximate surface area is 126 Å². The van der Waals surface area contributed by atoms with Gasteiger partial charge in [-0.2, -0.15) is 0 Å². The third-order valence-corrected chi connectivity index (χ3v) is 3.16. The molecule has 0 spiro atoms. The molecular weight excluding hydrogens is 292 g/mol. The minimum absolute atomic E-state index is 0.00656. The predicted molar refractivity (Wildman–Crippen MR) is 78.1 cm³/mol. The lowest BCUT2D eigenvalue weighted by atomic mass is 10.00. The number of benzene rings is 2. The molecule has 0 aromatic heterocycles. The van der Waals surface area contributed by atoms with Gasteiger partial charge >= 0.3 is 11.9 Å². The van der Waals surface area contributed by atoms with Crippen molar-refractivity contribution in [2.24, 2.45) is 0 Å². The van der Waals surface area contributed by atoms with Gasteiger partial charge in [-0.15, -0.1) is 0 Å². The number of hydrogen-bond acceptors (Lipinski definition) is 3. The summed E-state index contributed by atoms with van der Waals surface area (Å²) in [4.78, 5) is 23.3. The first kappa shape index (κ1) is 15.1. The van der Waals surface area contributed by atoms with Crippen LogP contribution in [-0.2, 0) is 20.9 Å². The molecule has 0 aliphatic rings. The first-order valence-electron chi connectivity index (χ1n) is 6.27. The number of carboxylic acid groups (broad SMARTS) is 1. The van der Waals surface area contributed by atoms with E-state index < -0.39 is 17.9 Å². The molecule has 21 heavy (non-hydrogen) atoms. The van der Waals surface area contributed by atoms with Crippen LogP contribution in [0.5, 0.6) is 0 Å². The Kier molecular flexibility index (Phi) is 4.95. The molecule has 1 N–H and O–H groups in total. The van der Waals surface area contributed by atoms with Gasteiger partial charge in [0.1, 0.15) is 6.61 Å². The van der Waals surface area contributed by atoms with Crippen LogP contribution in [0.3, 0.4) is 0 Å². The topological polar surface area (TPSA) is 63.6 Å². The van der Waals surface area contributed by atoms with Crippen LogP contribution in [0, 0.1) is 0 Å². The molecule has 0 radical (unpaired) electrons. The van der Waals surface area contributed by atoms with Gasteiger partial charge in [-0.1, -0.05) is 54.1 Å². The van der Waals surface area contributed by atoms with Crippen LogP contribution in [0.1, 0.15) is 17.0 Å². The minimum atomic E-state index is -1.32. The van der Waals surface area contributed by atoms with Crippen LogP contribution < -0.4 is 0 Å². The summed E-state index contributed by atoms with van der Waals surface area (Å²) in [5.41, 5.74) is 1.14. The number of hydrogen-bond donors (Lipinski definition) is 1. The summed E-state index contributed by atoms with van der Waals surface area (Å²) in [6, 6.07) is 15.1. The van der Waals surface area contributed by atoms with Crippen LogP contribution in [0.15, 0.2) is 54.6 Å². The van der Waals surface area contributed by atoms with Gasteiger partial charge in [-0.3, -0.25) is 9.59 Å². The predicted octanol–water partition coefficient (Wildman–Crippen LogP) is 3.25. The summed E-state index contributed by atoms with van der Waals surface area (Å²) in [5, 5.41) is 9.79. The van der Waals surface area contributed by atoms with Crippen molar-refractivity contribution in [2.45, 2.75) is 12.5 Å². The number of ether oxygens (including phenoxy) is 1. The van der Waals surface area contributed by atoms with E-state index in [1.54, 1.807) is 54.6 Å². The third kappa shape index (κ3) is 4.07. The number of carbonyl (C=O) groups excluding carboxylic acids is 1. The Balaban J connectivity index is 2.06. The van der Waals surface area contributed by atoms with E-state index in [0.717, 1.165) is 5.56 Å². The van der Waals surface area contributed by atoms with E-state index in [1.165, 1.54) is 0 Å². The lowest BCUT2D eigenvalue weighted by molar-refractivity contribution is -0.155. The zero-order valence-electron chi connectivity index (χ0n) is 11.0. The Morgan fingerprint density at radius 3 is 2.24 bits per heavy atom. The van der Waals surface area contributed by atoms with Crippen molar-refractivity contribution in [2.75, 3.05) is 0 Å². The summed E-state index contributed by atoms with van der Waals surface area (Å²) in [6.07, 6.45) is 0. The molecule has 0 aliphatic carbocycles.